The third-order valence-electron chi connectivity index (χ3n) is 2.90. The van der Waals surface area contributed by atoms with Crippen LogP contribution >= 0.6 is 0 Å². The highest BCUT2D eigenvalue weighted by Crippen LogP contribution is 2.13. The first-order chi connectivity index (χ1) is 8.20. The van der Waals surface area contributed by atoms with Crippen molar-refractivity contribution in [2.45, 2.75) is 19.4 Å². The standard InChI is InChI=1S/C12H17N3O2/c1-8-10(12(16)17-2)3-4-11(14-8)15-9-5-6-13-7-9/h3-4,9,13H,5-7H2,1-2H3,(H,14,15). The second kappa shape index (κ2) is 5.14. The van der Waals surface area contributed by atoms with E-state index < -0.39 is 0 Å². The number of carbonyl (C=O) groups is 1. The van der Waals surface area contributed by atoms with Gasteiger partial charge >= 0.3 is 5.97 Å². The number of nitrogens with one attached hydrogen (secondary N) is 2. The fraction of sp³-hybridized carbons (Fsp3) is 0.500. The predicted octanol–water partition coefficient (Wildman–Crippen LogP) is 0.950. The molecule has 0 aliphatic carbocycles. The Bertz CT molecular complexity index is 414. The van der Waals surface area contributed by atoms with Crippen molar-refractivity contribution in [2.75, 3.05) is 25.5 Å². The average Bonchev–Trinajstić information content (AvgIpc) is 2.81. The summed E-state index contributed by atoms with van der Waals surface area (Å²) in [6.07, 6.45) is 1.10. The minimum Gasteiger partial charge on any atom is -0.465 e. The van der Waals surface area contributed by atoms with Gasteiger partial charge in [0.05, 0.1) is 18.4 Å². The number of ether oxygens (including phenoxy) is 1. The van der Waals surface area contributed by atoms with Gasteiger partial charge in [-0.3, -0.25) is 0 Å². The van der Waals surface area contributed by atoms with Gasteiger partial charge in [0.1, 0.15) is 5.82 Å². The summed E-state index contributed by atoms with van der Waals surface area (Å²) in [4.78, 5) is 15.8. The van der Waals surface area contributed by atoms with Gasteiger partial charge in [-0.25, -0.2) is 9.78 Å². The molecule has 1 aromatic heterocycles. The molecule has 1 aliphatic rings. The zero-order chi connectivity index (χ0) is 12.3. The average molecular weight is 235 g/mol. The molecule has 0 bridgehead atoms. The Kier molecular flexibility index (Phi) is 3.58. The molecule has 5 heteroatoms. The zero-order valence-electron chi connectivity index (χ0n) is 10.1. The fourth-order valence-electron chi connectivity index (χ4n) is 1.95. The van der Waals surface area contributed by atoms with Crippen LogP contribution in [0.1, 0.15) is 22.5 Å². The van der Waals surface area contributed by atoms with Crippen LogP contribution in [0.2, 0.25) is 0 Å². The van der Waals surface area contributed by atoms with E-state index in [0.717, 1.165) is 25.3 Å². The van der Waals surface area contributed by atoms with Crippen LogP contribution in [0.3, 0.4) is 0 Å². The summed E-state index contributed by atoms with van der Waals surface area (Å²) in [5, 5.41) is 6.62. The van der Waals surface area contributed by atoms with Gasteiger partial charge in [0.15, 0.2) is 0 Å². The summed E-state index contributed by atoms with van der Waals surface area (Å²) >= 11 is 0. The van der Waals surface area contributed by atoms with Gasteiger partial charge in [-0.1, -0.05) is 0 Å². The molecule has 1 aliphatic heterocycles. The molecule has 0 radical (unpaired) electrons. The minimum atomic E-state index is -0.343. The Morgan fingerprint density at radius 1 is 1.59 bits per heavy atom. The van der Waals surface area contributed by atoms with Crippen molar-refractivity contribution in [2.24, 2.45) is 0 Å². The number of hydrogen-bond acceptors (Lipinski definition) is 5. The molecule has 0 aromatic carbocycles. The Hall–Kier alpha value is -1.62. The minimum absolute atomic E-state index is 0.343. The highest BCUT2D eigenvalue weighted by Gasteiger charge is 2.15. The number of nitrogens with zero attached hydrogens (tertiary/aromatic N) is 1. The molecule has 0 saturated carbocycles. The smallest absolute Gasteiger partial charge is 0.339 e. The first-order valence-electron chi connectivity index (χ1n) is 5.74. The molecule has 1 aromatic rings. The summed E-state index contributed by atoms with van der Waals surface area (Å²) in [6, 6.07) is 3.99. The SMILES string of the molecule is COC(=O)c1ccc(NC2CCNC2)nc1C. The van der Waals surface area contributed by atoms with E-state index in [1.807, 2.05) is 13.0 Å². The maximum absolute atomic E-state index is 11.4. The summed E-state index contributed by atoms with van der Waals surface area (Å²) in [5.41, 5.74) is 1.20. The van der Waals surface area contributed by atoms with Crippen molar-refractivity contribution >= 4 is 11.8 Å². The Morgan fingerprint density at radius 3 is 3.00 bits per heavy atom. The molecule has 2 N–H and O–H groups in total. The largest absolute Gasteiger partial charge is 0.465 e. The van der Waals surface area contributed by atoms with E-state index in [4.69, 9.17) is 0 Å². The van der Waals surface area contributed by atoms with Gasteiger partial charge < -0.3 is 15.4 Å². The lowest BCUT2D eigenvalue weighted by Gasteiger charge is -2.13. The zero-order valence-corrected chi connectivity index (χ0v) is 10.1. The highest BCUT2D eigenvalue weighted by atomic mass is 16.5. The van der Waals surface area contributed by atoms with Crippen molar-refractivity contribution in [3.8, 4) is 0 Å². The Labute approximate surface area is 101 Å². The summed E-state index contributed by atoms with van der Waals surface area (Å²) < 4.78 is 4.68. The molecular weight excluding hydrogens is 218 g/mol. The maximum atomic E-state index is 11.4. The third kappa shape index (κ3) is 2.74. The van der Waals surface area contributed by atoms with E-state index >= 15 is 0 Å². The Balaban J connectivity index is 2.10. The van der Waals surface area contributed by atoms with Crippen molar-refractivity contribution < 1.29 is 9.53 Å². The van der Waals surface area contributed by atoms with Gasteiger partial charge in [0, 0.05) is 12.6 Å². The number of methoxy groups -OCH3 is 1. The van der Waals surface area contributed by atoms with E-state index in [-0.39, 0.29) is 5.97 Å². The van der Waals surface area contributed by atoms with Crippen LogP contribution in [0.5, 0.6) is 0 Å². The molecule has 1 fully saturated rings. The predicted molar refractivity (Wildman–Crippen MR) is 65.2 cm³/mol. The van der Waals surface area contributed by atoms with Crippen molar-refractivity contribution in [3.05, 3.63) is 23.4 Å². The van der Waals surface area contributed by atoms with Crippen LogP contribution in [0.4, 0.5) is 5.82 Å². The van der Waals surface area contributed by atoms with E-state index in [1.165, 1.54) is 7.11 Å². The topological polar surface area (TPSA) is 63.2 Å². The molecule has 0 spiro atoms. The molecule has 0 amide bonds. The number of hydrogen-bond donors (Lipinski definition) is 2. The van der Waals surface area contributed by atoms with Crippen molar-refractivity contribution in [1.29, 1.82) is 0 Å². The number of aryl methyl sites for hydroxylation is 1. The Morgan fingerprint density at radius 2 is 2.41 bits per heavy atom. The molecule has 1 unspecified atom stereocenters. The monoisotopic (exact) mass is 235 g/mol. The molecular formula is C12H17N3O2. The fourth-order valence-corrected chi connectivity index (χ4v) is 1.95. The lowest BCUT2D eigenvalue weighted by Crippen LogP contribution is -2.23. The second-order valence-corrected chi connectivity index (χ2v) is 4.16. The first kappa shape index (κ1) is 11.9. The number of aromatic nitrogens is 1. The summed E-state index contributed by atoms with van der Waals surface area (Å²) in [5.74, 6) is 0.466. The lowest BCUT2D eigenvalue weighted by molar-refractivity contribution is 0.0599. The van der Waals surface area contributed by atoms with Gasteiger partial charge in [-0.2, -0.15) is 0 Å². The molecule has 2 rings (SSSR count). The van der Waals surface area contributed by atoms with Gasteiger partial charge in [-0.05, 0) is 32.0 Å². The second-order valence-electron chi connectivity index (χ2n) is 4.16. The van der Waals surface area contributed by atoms with Crippen molar-refractivity contribution in [1.82, 2.24) is 10.3 Å². The molecule has 17 heavy (non-hydrogen) atoms. The molecule has 92 valence electrons. The number of esters is 1. The van der Waals surface area contributed by atoms with E-state index in [2.05, 4.69) is 20.4 Å². The first-order valence-corrected chi connectivity index (χ1v) is 5.74. The van der Waals surface area contributed by atoms with E-state index in [9.17, 15) is 4.79 Å². The highest BCUT2D eigenvalue weighted by molar-refractivity contribution is 5.90. The van der Waals surface area contributed by atoms with E-state index in [0.29, 0.717) is 17.3 Å². The summed E-state index contributed by atoms with van der Waals surface area (Å²) in [6.45, 7) is 3.81. The van der Waals surface area contributed by atoms with Gasteiger partial charge in [-0.15, -0.1) is 0 Å². The normalized spacial score (nSPS) is 19.1. The van der Waals surface area contributed by atoms with Crippen LogP contribution in [0, 0.1) is 6.92 Å². The third-order valence-corrected chi connectivity index (χ3v) is 2.90. The molecule has 5 nitrogen and oxygen atoms in total. The number of pyridine rings is 1. The van der Waals surface area contributed by atoms with Crippen LogP contribution in [-0.2, 0) is 4.74 Å². The molecule has 1 atom stereocenters. The lowest BCUT2D eigenvalue weighted by atomic mass is 10.2. The molecule has 1 saturated heterocycles. The quantitative estimate of drug-likeness (QED) is 0.764. The van der Waals surface area contributed by atoms with E-state index in [1.54, 1.807) is 6.07 Å². The van der Waals surface area contributed by atoms with Crippen LogP contribution < -0.4 is 10.6 Å². The van der Waals surface area contributed by atoms with Gasteiger partial charge in [0.2, 0.25) is 0 Å². The van der Waals surface area contributed by atoms with Crippen LogP contribution in [-0.4, -0.2) is 37.2 Å². The number of carbonyl (C=O) groups excluding carboxylic acids is 1. The number of anilines is 1. The number of rotatable bonds is 3. The van der Waals surface area contributed by atoms with Gasteiger partial charge in [0.25, 0.3) is 0 Å². The maximum Gasteiger partial charge on any atom is 0.339 e. The van der Waals surface area contributed by atoms with Crippen LogP contribution in [0.15, 0.2) is 12.1 Å². The molecule has 2 heterocycles. The van der Waals surface area contributed by atoms with Crippen molar-refractivity contribution in [3.63, 3.8) is 0 Å². The summed E-state index contributed by atoms with van der Waals surface area (Å²) in [7, 11) is 1.37. The van der Waals surface area contributed by atoms with Crippen LogP contribution in [0.25, 0.3) is 0 Å².